The minimum atomic E-state index is -0.555. The highest BCUT2D eigenvalue weighted by molar-refractivity contribution is 6.30. The predicted octanol–water partition coefficient (Wildman–Crippen LogP) is 3.47. The van der Waals surface area contributed by atoms with Crippen LogP contribution in [0.1, 0.15) is 49.7 Å². The van der Waals surface area contributed by atoms with Gasteiger partial charge in [-0.3, -0.25) is 4.40 Å². The van der Waals surface area contributed by atoms with Crippen molar-refractivity contribution < 1.29 is 5.11 Å². The van der Waals surface area contributed by atoms with E-state index in [0.29, 0.717) is 5.02 Å². The predicted molar refractivity (Wildman–Crippen MR) is 69.7 cm³/mol. The van der Waals surface area contributed by atoms with Crippen molar-refractivity contribution in [2.45, 2.75) is 39.7 Å². The van der Waals surface area contributed by atoms with Gasteiger partial charge in [-0.05, 0) is 31.4 Å². The molecule has 2 aromatic rings. The Kier molecular flexibility index (Phi) is 3.15. The summed E-state index contributed by atoms with van der Waals surface area (Å²) >= 11 is 6.06. The first-order valence-corrected chi connectivity index (χ1v) is 6.15. The maximum absolute atomic E-state index is 9.92. The molecule has 3 nitrogen and oxygen atoms in total. The molecule has 0 aromatic carbocycles. The van der Waals surface area contributed by atoms with E-state index in [1.807, 2.05) is 23.6 Å². The molecule has 0 spiro atoms. The van der Waals surface area contributed by atoms with E-state index in [4.69, 9.17) is 11.6 Å². The van der Waals surface area contributed by atoms with Crippen LogP contribution in [0.4, 0.5) is 0 Å². The van der Waals surface area contributed by atoms with Gasteiger partial charge in [0.05, 0.1) is 22.5 Å². The maximum atomic E-state index is 9.92. The number of pyridine rings is 1. The molecule has 1 atom stereocenters. The van der Waals surface area contributed by atoms with E-state index in [9.17, 15) is 5.11 Å². The fourth-order valence-corrected chi connectivity index (χ4v) is 2.40. The molecular weight excluding hydrogens is 236 g/mol. The molecule has 0 radical (unpaired) electrons. The van der Waals surface area contributed by atoms with Crippen molar-refractivity contribution in [1.82, 2.24) is 9.38 Å². The summed E-state index contributed by atoms with van der Waals surface area (Å²) in [5, 5.41) is 10.6. The van der Waals surface area contributed by atoms with Crippen LogP contribution in [0, 0.1) is 6.92 Å². The fourth-order valence-electron chi connectivity index (χ4n) is 2.14. The number of hydrogen-bond acceptors (Lipinski definition) is 2. The Hall–Kier alpha value is -1.06. The van der Waals surface area contributed by atoms with Crippen molar-refractivity contribution in [2.75, 3.05) is 0 Å². The van der Waals surface area contributed by atoms with Crippen molar-refractivity contribution >= 4 is 17.2 Å². The fraction of sp³-hybridized carbons (Fsp3) is 0.462. The van der Waals surface area contributed by atoms with Crippen LogP contribution in [0.25, 0.3) is 5.65 Å². The first-order valence-electron chi connectivity index (χ1n) is 5.78. The molecule has 0 aliphatic carbocycles. The first-order chi connectivity index (χ1) is 7.91. The molecule has 0 amide bonds. The van der Waals surface area contributed by atoms with Crippen LogP contribution in [0.15, 0.2) is 12.3 Å². The number of hydrogen-bond donors (Lipinski definition) is 1. The Bertz CT molecular complexity index is 558. The van der Waals surface area contributed by atoms with Crippen molar-refractivity contribution in [2.24, 2.45) is 0 Å². The van der Waals surface area contributed by atoms with Gasteiger partial charge in [0.15, 0.2) is 0 Å². The molecule has 0 aliphatic rings. The normalized spacial score (nSPS) is 13.6. The molecule has 0 aliphatic heterocycles. The summed E-state index contributed by atoms with van der Waals surface area (Å²) < 4.78 is 1.90. The van der Waals surface area contributed by atoms with E-state index in [2.05, 4.69) is 18.8 Å². The standard InChI is InChI=1S/C13H17ClN2O/c1-7(2)11-12(9(4)17)16-6-10(14)5-8(3)13(16)15-11/h5-7,9,17H,1-4H3. The Morgan fingerprint density at radius 3 is 2.53 bits per heavy atom. The highest BCUT2D eigenvalue weighted by atomic mass is 35.5. The van der Waals surface area contributed by atoms with Crippen LogP contribution in [0.2, 0.25) is 5.02 Å². The molecule has 92 valence electrons. The number of imidazole rings is 1. The molecule has 0 bridgehead atoms. The van der Waals surface area contributed by atoms with Gasteiger partial charge in [0, 0.05) is 6.20 Å². The number of nitrogens with zero attached hydrogens (tertiary/aromatic N) is 2. The van der Waals surface area contributed by atoms with Gasteiger partial charge in [-0.25, -0.2) is 4.98 Å². The number of aliphatic hydroxyl groups excluding tert-OH is 1. The Morgan fingerprint density at radius 1 is 1.35 bits per heavy atom. The van der Waals surface area contributed by atoms with Crippen LogP contribution in [0.5, 0.6) is 0 Å². The van der Waals surface area contributed by atoms with Gasteiger partial charge in [0.2, 0.25) is 0 Å². The highest BCUT2D eigenvalue weighted by Gasteiger charge is 2.19. The molecule has 1 unspecified atom stereocenters. The van der Waals surface area contributed by atoms with Crippen LogP contribution < -0.4 is 0 Å². The number of aromatic nitrogens is 2. The lowest BCUT2D eigenvalue weighted by molar-refractivity contribution is 0.191. The van der Waals surface area contributed by atoms with Crippen LogP contribution in [-0.4, -0.2) is 14.5 Å². The van der Waals surface area contributed by atoms with Crippen molar-refractivity contribution in [3.63, 3.8) is 0 Å². The lowest BCUT2D eigenvalue weighted by Crippen LogP contribution is -2.02. The van der Waals surface area contributed by atoms with Gasteiger partial charge < -0.3 is 5.11 Å². The van der Waals surface area contributed by atoms with Crippen molar-refractivity contribution in [1.29, 1.82) is 0 Å². The third-order valence-electron chi connectivity index (χ3n) is 2.88. The van der Waals surface area contributed by atoms with Crippen LogP contribution in [-0.2, 0) is 0 Å². The Morgan fingerprint density at radius 2 is 2.00 bits per heavy atom. The highest BCUT2D eigenvalue weighted by Crippen LogP contribution is 2.28. The van der Waals surface area contributed by atoms with E-state index >= 15 is 0 Å². The number of aryl methyl sites for hydroxylation is 1. The SMILES string of the molecule is Cc1cc(Cl)cn2c(C(C)O)c(C(C)C)nc12. The summed E-state index contributed by atoms with van der Waals surface area (Å²) in [4.78, 5) is 4.62. The number of fused-ring (bicyclic) bond motifs is 1. The molecule has 2 rings (SSSR count). The summed E-state index contributed by atoms with van der Waals surface area (Å²) in [6.45, 7) is 7.88. The smallest absolute Gasteiger partial charge is 0.140 e. The zero-order chi connectivity index (χ0) is 12.7. The third kappa shape index (κ3) is 2.05. The summed E-state index contributed by atoms with van der Waals surface area (Å²) in [7, 11) is 0. The van der Waals surface area contributed by atoms with E-state index in [1.54, 1.807) is 6.92 Å². The molecule has 2 aromatic heterocycles. The maximum Gasteiger partial charge on any atom is 0.140 e. The molecule has 0 saturated heterocycles. The third-order valence-corrected chi connectivity index (χ3v) is 3.09. The quantitative estimate of drug-likeness (QED) is 0.889. The van der Waals surface area contributed by atoms with Gasteiger partial charge in [-0.15, -0.1) is 0 Å². The molecule has 17 heavy (non-hydrogen) atoms. The average molecular weight is 253 g/mol. The van der Waals surface area contributed by atoms with E-state index in [0.717, 1.165) is 22.6 Å². The molecule has 4 heteroatoms. The second-order valence-electron chi connectivity index (χ2n) is 4.75. The van der Waals surface area contributed by atoms with Gasteiger partial charge >= 0.3 is 0 Å². The molecule has 0 saturated carbocycles. The van der Waals surface area contributed by atoms with Crippen LogP contribution in [0.3, 0.4) is 0 Å². The zero-order valence-corrected chi connectivity index (χ0v) is 11.3. The number of aliphatic hydroxyl groups is 1. The molecule has 2 heterocycles. The van der Waals surface area contributed by atoms with Gasteiger partial charge in [-0.2, -0.15) is 0 Å². The first kappa shape index (κ1) is 12.4. The minimum absolute atomic E-state index is 0.276. The second kappa shape index (κ2) is 4.31. The average Bonchev–Trinajstić information content (AvgIpc) is 2.56. The lowest BCUT2D eigenvalue weighted by atomic mass is 10.1. The number of rotatable bonds is 2. The summed E-state index contributed by atoms with van der Waals surface area (Å²) in [5.74, 6) is 0.276. The van der Waals surface area contributed by atoms with Crippen LogP contribution >= 0.6 is 11.6 Å². The van der Waals surface area contributed by atoms with E-state index < -0.39 is 6.10 Å². The second-order valence-corrected chi connectivity index (χ2v) is 5.18. The van der Waals surface area contributed by atoms with Gasteiger partial charge in [0.25, 0.3) is 0 Å². The van der Waals surface area contributed by atoms with E-state index in [1.165, 1.54) is 0 Å². The zero-order valence-electron chi connectivity index (χ0n) is 10.5. The number of halogens is 1. The largest absolute Gasteiger partial charge is 0.387 e. The summed E-state index contributed by atoms with van der Waals surface area (Å²) in [6, 6.07) is 1.89. The Labute approximate surface area is 106 Å². The lowest BCUT2D eigenvalue weighted by Gasteiger charge is -2.10. The summed E-state index contributed by atoms with van der Waals surface area (Å²) in [6.07, 6.45) is 1.26. The van der Waals surface area contributed by atoms with Crippen molar-refractivity contribution in [3.8, 4) is 0 Å². The monoisotopic (exact) mass is 252 g/mol. The Balaban J connectivity index is 2.85. The van der Waals surface area contributed by atoms with Gasteiger partial charge in [-0.1, -0.05) is 25.4 Å². The van der Waals surface area contributed by atoms with E-state index in [-0.39, 0.29) is 5.92 Å². The van der Waals surface area contributed by atoms with Crippen molar-refractivity contribution in [3.05, 3.63) is 34.2 Å². The minimum Gasteiger partial charge on any atom is -0.387 e. The topological polar surface area (TPSA) is 37.5 Å². The summed E-state index contributed by atoms with van der Waals surface area (Å²) in [5.41, 5.74) is 3.66. The van der Waals surface area contributed by atoms with Gasteiger partial charge in [0.1, 0.15) is 5.65 Å². The molecular formula is C13H17ClN2O. The molecule has 1 N–H and O–H groups in total. The molecule has 0 fully saturated rings.